The van der Waals surface area contributed by atoms with Crippen molar-refractivity contribution in [3.05, 3.63) is 30.3 Å². The second kappa shape index (κ2) is 6.03. The fourth-order valence-corrected chi connectivity index (χ4v) is 1.25. The first-order valence-corrected chi connectivity index (χ1v) is 4.97. The number of carbonyl (C=O) groups is 1. The third-order valence-corrected chi connectivity index (χ3v) is 2.15. The van der Waals surface area contributed by atoms with Crippen LogP contribution in [0.15, 0.2) is 30.3 Å². The Hall–Kier alpha value is -1.55. The van der Waals surface area contributed by atoms with Gasteiger partial charge in [0.05, 0.1) is 6.54 Å². The van der Waals surface area contributed by atoms with Crippen LogP contribution in [0.1, 0.15) is 0 Å². The smallest absolute Gasteiger partial charge is 0.233 e. The van der Waals surface area contributed by atoms with Crippen molar-refractivity contribution in [2.24, 2.45) is 5.73 Å². The van der Waals surface area contributed by atoms with E-state index in [1.54, 1.807) is 0 Å². The molecule has 4 nitrogen and oxygen atoms in total. The molecule has 1 amide bonds. The van der Waals surface area contributed by atoms with Crippen LogP contribution in [0.4, 0.5) is 5.69 Å². The fourth-order valence-electron chi connectivity index (χ4n) is 1.25. The van der Waals surface area contributed by atoms with Crippen LogP contribution in [0.3, 0.4) is 0 Å². The second-order valence-electron chi connectivity index (χ2n) is 3.31. The molecule has 0 saturated carbocycles. The lowest BCUT2D eigenvalue weighted by Crippen LogP contribution is -2.36. The van der Waals surface area contributed by atoms with Crippen molar-refractivity contribution in [1.29, 1.82) is 0 Å². The summed E-state index contributed by atoms with van der Waals surface area (Å²) in [5, 5.41) is 2.73. The van der Waals surface area contributed by atoms with Crippen LogP contribution in [0, 0.1) is 0 Å². The molecule has 0 unspecified atom stereocenters. The van der Waals surface area contributed by atoms with E-state index < -0.39 is 0 Å². The van der Waals surface area contributed by atoms with Crippen molar-refractivity contribution in [2.45, 2.75) is 0 Å². The number of amides is 1. The van der Waals surface area contributed by atoms with Gasteiger partial charge in [0.25, 0.3) is 0 Å². The van der Waals surface area contributed by atoms with E-state index in [1.165, 1.54) is 0 Å². The molecule has 1 rings (SSSR count). The minimum Gasteiger partial charge on any atom is -0.373 e. The van der Waals surface area contributed by atoms with E-state index in [4.69, 9.17) is 5.73 Å². The van der Waals surface area contributed by atoms with Crippen LogP contribution in [-0.4, -0.2) is 32.6 Å². The number of benzene rings is 1. The Balaban J connectivity index is 2.31. The molecule has 0 aliphatic heterocycles. The Morgan fingerprint density at radius 2 is 2.07 bits per heavy atom. The average Bonchev–Trinajstić information content (AvgIpc) is 2.29. The molecule has 0 heterocycles. The molecule has 0 atom stereocenters. The minimum absolute atomic E-state index is 0.0506. The Bertz CT molecular complexity index is 300. The third-order valence-electron chi connectivity index (χ3n) is 2.15. The summed E-state index contributed by atoms with van der Waals surface area (Å²) in [4.78, 5) is 13.0. The topological polar surface area (TPSA) is 58.4 Å². The molecule has 0 saturated heterocycles. The van der Waals surface area contributed by atoms with Gasteiger partial charge in [0.2, 0.25) is 5.91 Å². The number of anilines is 1. The van der Waals surface area contributed by atoms with Gasteiger partial charge in [-0.1, -0.05) is 18.2 Å². The van der Waals surface area contributed by atoms with Crippen molar-refractivity contribution in [3.63, 3.8) is 0 Å². The first kappa shape index (κ1) is 11.5. The maximum Gasteiger partial charge on any atom is 0.233 e. The molecule has 0 aliphatic rings. The van der Waals surface area contributed by atoms with Crippen molar-refractivity contribution in [2.75, 3.05) is 31.6 Å². The summed E-state index contributed by atoms with van der Waals surface area (Å²) < 4.78 is 0. The van der Waals surface area contributed by atoms with E-state index in [0.29, 0.717) is 6.54 Å². The predicted octanol–water partition coefficient (Wildman–Crippen LogP) is 0.198. The average molecular weight is 207 g/mol. The van der Waals surface area contributed by atoms with Gasteiger partial charge < -0.3 is 16.0 Å². The monoisotopic (exact) mass is 207 g/mol. The Morgan fingerprint density at radius 1 is 1.40 bits per heavy atom. The highest BCUT2D eigenvalue weighted by atomic mass is 16.1. The minimum atomic E-state index is -0.114. The number of nitrogens with two attached hydrogens (primary N) is 1. The molecule has 0 radical (unpaired) electrons. The first-order valence-electron chi connectivity index (χ1n) is 4.97. The number of likely N-dealkylation sites (N-methyl/N-ethyl adjacent to an activating group) is 1. The molecule has 1 aromatic rings. The Kier molecular flexibility index (Phi) is 4.63. The third kappa shape index (κ3) is 3.99. The van der Waals surface area contributed by atoms with Gasteiger partial charge in [-0.25, -0.2) is 0 Å². The van der Waals surface area contributed by atoms with Gasteiger partial charge in [0.1, 0.15) is 0 Å². The van der Waals surface area contributed by atoms with E-state index in [-0.39, 0.29) is 12.5 Å². The van der Waals surface area contributed by atoms with E-state index in [9.17, 15) is 4.79 Å². The number of nitrogens with zero attached hydrogens (tertiary/aromatic N) is 1. The highest BCUT2D eigenvalue weighted by molar-refractivity contribution is 5.77. The lowest BCUT2D eigenvalue weighted by Gasteiger charge is -2.19. The second-order valence-corrected chi connectivity index (χ2v) is 3.31. The number of rotatable bonds is 5. The maximum atomic E-state index is 10.9. The van der Waals surface area contributed by atoms with Gasteiger partial charge in [-0.2, -0.15) is 0 Å². The van der Waals surface area contributed by atoms with Gasteiger partial charge in [-0.15, -0.1) is 0 Å². The van der Waals surface area contributed by atoms with E-state index in [1.807, 2.05) is 37.4 Å². The molecule has 3 N–H and O–H groups in total. The van der Waals surface area contributed by atoms with Crippen LogP contribution >= 0.6 is 0 Å². The molecule has 15 heavy (non-hydrogen) atoms. The molecule has 0 aliphatic carbocycles. The van der Waals surface area contributed by atoms with Crippen molar-refractivity contribution in [3.8, 4) is 0 Å². The molecule has 0 aromatic heterocycles. The lowest BCUT2D eigenvalue weighted by atomic mass is 10.3. The first-order chi connectivity index (χ1) is 7.24. The maximum absolute atomic E-state index is 10.9. The number of hydrogen-bond acceptors (Lipinski definition) is 3. The molecular formula is C11H17N3O. The number of para-hydroxylation sites is 1. The lowest BCUT2D eigenvalue weighted by molar-refractivity contribution is -0.119. The van der Waals surface area contributed by atoms with Gasteiger partial charge in [-0.05, 0) is 12.1 Å². The summed E-state index contributed by atoms with van der Waals surface area (Å²) >= 11 is 0. The number of hydrogen-bond donors (Lipinski definition) is 2. The molecule has 1 aromatic carbocycles. The molecule has 0 bridgehead atoms. The van der Waals surface area contributed by atoms with Gasteiger partial charge >= 0.3 is 0 Å². The highest BCUT2D eigenvalue weighted by Crippen LogP contribution is 2.09. The van der Waals surface area contributed by atoms with Crippen LogP contribution in [-0.2, 0) is 4.79 Å². The summed E-state index contributed by atoms with van der Waals surface area (Å²) in [5.41, 5.74) is 6.31. The van der Waals surface area contributed by atoms with Crippen molar-refractivity contribution in [1.82, 2.24) is 5.32 Å². The van der Waals surface area contributed by atoms with Crippen molar-refractivity contribution < 1.29 is 4.79 Å². The highest BCUT2D eigenvalue weighted by Gasteiger charge is 2.00. The normalized spacial score (nSPS) is 9.73. The SMILES string of the molecule is CN(CCNC(=O)CN)c1ccccc1. The van der Waals surface area contributed by atoms with Gasteiger partial charge in [0, 0.05) is 25.8 Å². The Morgan fingerprint density at radius 3 is 2.67 bits per heavy atom. The van der Waals surface area contributed by atoms with Gasteiger partial charge in [-0.3, -0.25) is 4.79 Å². The van der Waals surface area contributed by atoms with E-state index in [0.717, 1.165) is 12.2 Å². The molecule has 4 heteroatoms. The molecule has 0 fully saturated rings. The number of nitrogens with one attached hydrogen (secondary N) is 1. The summed E-state index contributed by atoms with van der Waals surface area (Å²) in [5.74, 6) is -0.114. The summed E-state index contributed by atoms with van der Waals surface area (Å²) in [7, 11) is 1.99. The van der Waals surface area contributed by atoms with Crippen LogP contribution in [0.5, 0.6) is 0 Å². The zero-order valence-corrected chi connectivity index (χ0v) is 8.94. The molecule has 82 valence electrons. The summed E-state index contributed by atoms with van der Waals surface area (Å²) in [6.45, 7) is 1.44. The zero-order chi connectivity index (χ0) is 11.1. The van der Waals surface area contributed by atoms with Crippen LogP contribution < -0.4 is 16.0 Å². The standard InChI is InChI=1S/C11H17N3O/c1-14(8-7-13-11(15)9-12)10-5-3-2-4-6-10/h2-6H,7-9,12H2,1H3,(H,13,15). The van der Waals surface area contributed by atoms with E-state index in [2.05, 4.69) is 10.2 Å². The zero-order valence-electron chi connectivity index (χ0n) is 8.94. The van der Waals surface area contributed by atoms with Gasteiger partial charge in [0.15, 0.2) is 0 Å². The van der Waals surface area contributed by atoms with Crippen molar-refractivity contribution >= 4 is 11.6 Å². The Labute approximate surface area is 90.1 Å². The fraction of sp³-hybridized carbons (Fsp3) is 0.364. The predicted molar refractivity (Wildman–Crippen MR) is 61.8 cm³/mol. The summed E-state index contributed by atoms with van der Waals surface area (Å²) in [6, 6.07) is 10.0. The van der Waals surface area contributed by atoms with E-state index >= 15 is 0 Å². The molecular weight excluding hydrogens is 190 g/mol. The number of carbonyl (C=O) groups excluding carboxylic acids is 1. The van der Waals surface area contributed by atoms with Crippen LogP contribution in [0.25, 0.3) is 0 Å². The molecule has 0 spiro atoms. The summed E-state index contributed by atoms with van der Waals surface area (Å²) in [6.07, 6.45) is 0. The quantitative estimate of drug-likeness (QED) is 0.725. The largest absolute Gasteiger partial charge is 0.373 e. The van der Waals surface area contributed by atoms with Crippen LogP contribution in [0.2, 0.25) is 0 Å².